The van der Waals surface area contributed by atoms with Crippen molar-refractivity contribution in [2.24, 2.45) is 5.73 Å². The molecule has 0 aliphatic rings. The van der Waals surface area contributed by atoms with Gasteiger partial charge in [0, 0.05) is 5.69 Å². The Labute approximate surface area is 77.2 Å². The molecule has 3 nitrogen and oxygen atoms in total. The van der Waals surface area contributed by atoms with E-state index in [1.807, 2.05) is 12.1 Å². The summed E-state index contributed by atoms with van der Waals surface area (Å²) in [4.78, 5) is 10.5. The number of rotatable bonds is 2. The second-order valence-corrected chi connectivity index (χ2v) is 2.34. The van der Waals surface area contributed by atoms with Crippen LogP contribution in [0.2, 0.25) is 0 Å². The highest BCUT2D eigenvalue weighted by molar-refractivity contribution is 5.85. The summed E-state index contributed by atoms with van der Waals surface area (Å²) < 4.78 is 0. The van der Waals surface area contributed by atoms with E-state index in [2.05, 4.69) is 0 Å². The molecule has 4 N–H and O–H groups in total. The van der Waals surface area contributed by atoms with Crippen LogP contribution in [-0.4, -0.2) is 5.91 Å². The summed E-state index contributed by atoms with van der Waals surface area (Å²) in [5.74, 6) is -0.358. The van der Waals surface area contributed by atoms with E-state index < -0.39 is 0 Å². The van der Waals surface area contributed by atoms with Crippen molar-refractivity contribution in [2.45, 2.75) is 6.42 Å². The predicted molar refractivity (Wildman–Crippen MR) is 51.0 cm³/mol. The molecule has 0 atom stereocenters. The van der Waals surface area contributed by atoms with E-state index in [4.69, 9.17) is 11.5 Å². The van der Waals surface area contributed by atoms with Crippen molar-refractivity contribution in [3.8, 4) is 0 Å². The maximum atomic E-state index is 10.5. The van der Waals surface area contributed by atoms with E-state index in [9.17, 15) is 4.79 Å². The van der Waals surface area contributed by atoms with Gasteiger partial charge in [0.05, 0.1) is 6.42 Å². The summed E-state index contributed by atoms with van der Waals surface area (Å²) >= 11 is 0. The number of hydrogen-bond acceptors (Lipinski definition) is 2. The van der Waals surface area contributed by atoms with E-state index >= 15 is 0 Å². The van der Waals surface area contributed by atoms with Crippen LogP contribution in [0.3, 0.4) is 0 Å². The highest BCUT2D eigenvalue weighted by Gasteiger charge is 2.00. The number of nitrogens with two attached hydrogens (primary N) is 2. The molecule has 0 fully saturated rings. The molecular formula is C8H11ClN2O. The van der Waals surface area contributed by atoms with Crippen LogP contribution in [0.4, 0.5) is 5.69 Å². The van der Waals surface area contributed by atoms with Crippen LogP contribution in [0.25, 0.3) is 0 Å². The lowest BCUT2D eigenvalue weighted by Gasteiger charge is -2.00. The second-order valence-electron chi connectivity index (χ2n) is 2.34. The molecule has 0 heterocycles. The van der Waals surface area contributed by atoms with Crippen LogP contribution in [0.15, 0.2) is 24.3 Å². The summed E-state index contributed by atoms with van der Waals surface area (Å²) in [7, 11) is 0. The number of primary amides is 1. The van der Waals surface area contributed by atoms with Crippen molar-refractivity contribution < 1.29 is 4.79 Å². The lowest BCUT2D eigenvalue weighted by Crippen LogP contribution is -2.14. The largest absolute Gasteiger partial charge is 0.398 e. The first kappa shape index (κ1) is 10.8. The standard InChI is InChI=1S/C8H10N2O.ClH/c9-7-4-2-1-3-6(7)5-8(10)11;/h1-4H,5,9H2,(H2,10,11);1H. The first-order valence-electron chi connectivity index (χ1n) is 3.32. The van der Waals surface area contributed by atoms with Crippen molar-refractivity contribution in [3.63, 3.8) is 0 Å². The van der Waals surface area contributed by atoms with Gasteiger partial charge >= 0.3 is 0 Å². The number of para-hydroxylation sites is 1. The van der Waals surface area contributed by atoms with Crippen LogP contribution >= 0.6 is 12.4 Å². The molecule has 0 bridgehead atoms. The molecule has 66 valence electrons. The molecule has 0 saturated carbocycles. The molecule has 4 heteroatoms. The van der Waals surface area contributed by atoms with Crippen molar-refractivity contribution in [2.75, 3.05) is 5.73 Å². The molecule has 1 rings (SSSR count). The molecule has 0 aromatic heterocycles. The summed E-state index contributed by atoms with van der Waals surface area (Å²) in [5, 5.41) is 0. The van der Waals surface area contributed by atoms with Crippen LogP contribution in [0.5, 0.6) is 0 Å². The van der Waals surface area contributed by atoms with E-state index in [1.165, 1.54) is 0 Å². The molecular weight excluding hydrogens is 176 g/mol. The van der Waals surface area contributed by atoms with Crippen LogP contribution in [0.1, 0.15) is 5.56 Å². The van der Waals surface area contributed by atoms with Crippen molar-refractivity contribution >= 4 is 24.0 Å². The zero-order chi connectivity index (χ0) is 8.27. The third-order valence-electron chi connectivity index (χ3n) is 1.42. The molecule has 0 saturated heterocycles. The quantitative estimate of drug-likeness (QED) is 0.669. The van der Waals surface area contributed by atoms with E-state index in [0.29, 0.717) is 5.69 Å². The predicted octanol–water partition coefficient (Wildman–Crippen LogP) is 0.718. The SMILES string of the molecule is Cl.NC(=O)Cc1ccccc1N. The van der Waals surface area contributed by atoms with Gasteiger partial charge in [0.1, 0.15) is 0 Å². The van der Waals surface area contributed by atoms with Gasteiger partial charge in [-0.25, -0.2) is 0 Å². The third kappa shape index (κ3) is 2.80. The van der Waals surface area contributed by atoms with Gasteiger partial charge in [0.25, 0.3) is 0 Å². The van der Waals surface area contributed by atoms with Gasteiger partial charge in [-0.1, -0.05) is 18.2 Å². The smallest absolute Gasteiger partial charge is 0.221 e. The molecule has 0 aliphatic heterocycles. The average Bonchev–Trinajstić information content (AvgIpc) is 1.93. The second kappa shape index (κ2) is 4.62. The number of benzene rings is 1. The number of amides is 1. The van der Waals surface area contributed by atoms with Gasteiger partial charge in [-0.15, -0.1) is 12.4 Å². The van der Waals surface area contributed by atoms with Crippen LogP contribution in [0, 0.1) is 0 Å². The fraction of sp³-hybridized carbons (Fsp3) is 0.125. The number of halogens is 1. The monoisotopic (exact) mass is 186 g/mol. The van der Waals surface area contributed by atoms with Crippen molar-refractivity contribution in [3.05, 3.63) is 29.8 Å². The molecule has 0 unspecified atom stereocenters. The molecule has 1 amide bonds. The lowest BCUT2D eigenvalue weighted by molar-refractivity contribution is -0.117. The highest BCUT2D eigenvalue weighted by Crippen LogP contribution is 2.09. The summed E-state index contributed by atoms with van der Waals surface area (Å²) in [6.07, 6.45) is 0.215. The van der Waals surface area contributed by atoms with Gasteiger partial charge in [-0.3, -0.25) is 4.79 Å². The number of carbonyl (C=O) groups excluding carboxylic acids is 1. The number of anilines is 1. The van der Waals surface area contributed by atoms with E-state index in [1.54, 1.807) is 12.1 Å². The molecule has 1 aromatic rings. The Hall–Kier alpha value is -1.22. The number of carbonyl (C=O) groups is 1. The summed E-state index contributed by atoms with van der Waals surface area (Å²) in [6, 6.07) is 7.19. The van der Waals surface area contributed by atoms with Gasteiger partial charge in [-0.2, -0.15) is 0 Å². The molecule has 12 heavy (non-hydrogen) atoms. The number of nitrogen functional groups attached to an aromatic ring is 1. The minimum absolute atomic E-state index is 0. The minimum Gasteiger partial charge on any atom is -0.398 e. The fourth-order valence-corrected chi connectivity index (χ4v) is 0.883. The molecule has 0 aliphatic carbocycles. The Morgan fingerprint density at radius 1 is 1.33 bits per heavy atom. The fourth-order valence-electron chi connectivity index (χ4n) is 0.883. The normalized spacial score (nSPS) is 8.67. The molecule has 0 spiro atoms. The third-order valence-corrected chi connectivity index (χ3v) is 1.42. The Kier molecular flexibility index (Phi) is 4.15. The molecule has 0 radical (unpaired) electrons. The highest BCUT2D eigenvalue weighted by atomic mass is 35.5. The maximum Gasteiger partial charge on any atom is 0.221 e. The Morgan fingerprint density at radius 3 is 2.42 bits per heavy atom. The lowest BCUT2D eigenvalue weighted by atomic mass is 10.1. The topological polar surface area (TPSA) is 69.1 Å². The maximum absolute atomic E-state index is 10.5. The van der Waals surface area contributed by atoms with Gasteiger partial charge in [0.15, 0.2) is 0 Å². The zero-order valence-electron chi connectivity index (χ0n) is 6.49. The first-order chi connectivity index (χ1) is 5.20. The van der Waals surface area contributed by atoms with Crippen LogP contribution < -0.4 is 11.5 Å². The minimum atomic E-state index is -0.358. The van der Waals surface area contributed by atoms with E-state index in [-0.39, 0.29) is 24.7 Å². The van der Waals surface area contributed by atoms with Gasteiger partial charge in [0.2, 0.25) is 5.91 Å². The van der Waals surface area contributed by atoms with Crippen molar-refractivity contribution in [1.82, 2.24) is 0 Å². The van der Waals surface area contributed by atoms with Gasteiger partial charge < -0.3 is 11.5 Å². The average molecular weight is 187 g/mol. The Bertz CT molecular complexity index is 276. The summed E-state index contributed by atoms with van der Waals surface area (Å²) in [5.41, 5.74) is 12.0. The molecule has 1 aromatic carbocycles. The Balaban J connectivity index is 0.00000121. The summed E-state index contributed by atoms with van der Waals surface area (Å²) in [6.45, 7) is 0. The zero-order valence-corrected chi connectivity index (χ0v) is 7.30. The van der Waals surface area contributed by atoms with Crippen molar-refractivity contribution in [1.29, 1.82) is 0 Å². The van der Waals surface area contributed by atoms with E-state index in [0.717, 1.165) is 5.56 Å². The number of hydrogen-bond donors (Lipinski definition) is 2. The van der Waals surface area contributed by atoms with Crippen LogP contribution in [-0.2, 0) is 11.2 Å². The first-order valence-corrected chi connectivity index (χ1v) is 3.32. The van der Waals surface area contributed by atoms with Gasteiger partial charge in [-0.05, 0) is 11.6 Å². The Morgan fingerprint density at radius 2 is 1.92 bits per heavy atom.